The number of nitrogens with zero attached hydrogens (tertiary/aromatic N) is 2. The molecule has 0 fully saturated rings. The summed E-state index contributed by atoms with van der Waals surface area (Å²) in [5, 5.41) is 5.11. The Morgan fingerprint density at radius 3 is 1.41 bits per heavy atom. The van der Waals surface area contributed by atoms with Crippen LogP contribution in [0.5, 0.6) is 0 Å². The second kappa shape index (κ2) is 17.2. The predicted octanol–water partition coefficient (Wildman–Crippen LogP) is 19.0. The maximum Gasteiger partial charge on any atom is 0.0555 e. The average molecular weight is 897 g/mol. The Bertz CT molecular complexity index is 3980. The summed E-state index contributed by atoms with van der Waals surface area (Å²) >= 11 is 1.87. The van der Waals surface area contributed by atoms with Crippen LogP contribution in [0, 0.1) is 0 Å². The summed E-state index contributed by atoms with van der Waals surface area (Å²) < 4.78 is 5.10. The van der Waals surface area contributed by atoms with Crippen molar-refractivity contribution in [1.29, 1.82) is 0 Å². The smallest absolute Gasteiger partial charge is 0.0555 e. The minimum Gasteiger partial charge on any atom is -0.310 e. The molecule has 2 heterocycles. The van der Waals surface area contributed by atoms with E-state index in [0.29, 0.717) is 0 Å². The summed E-state index contributed by atoms with van der Waals surface area (Å²) in [6.07, 6.45) is 0. The molecule has 0 amide bonds. The first-order valence-corrected chi connectivity index (χ1v) is 24.4. The Balaban J connectivity index is 0.893. The molecule has 2 nitrogen and oxygen atoms in total. The van der Waals surface area contributed by atoms with E-state index in [-0.39, 0.29) is 0 Å². The largest absolute Gasteiger partial charge is 0.310 e. The van der Waals surface area contributed by atoms with Crippen LogP contribution in [0.4, 0.5) is 17.1 Å². The minimum atomic E-state index is 1.09. The Hall–Kier alpha value is -8.76. The number of benzene rings is 11. The molecule has 0 saturated heterocycles. The molecule has 0 aliphatic heterocycles. The third-order valence-electron chi connectivity index (χ3n) is 13.6. The van der Waals surface area contributed by atoms with E-state index in [4.69, 9.17) is 0 Å². The zero-order valence-corrected chi connectivity index (χ0v) is 38.5. The zero-order chi connectivity index (χ0) is 45.7. The van der Waals surface area contributed by atoms with E-state index in [0.717, 1.165) is 22.6 Å². The highest BCUT2D eigenvalue weighted by Gasteiger charge is 2.20. The van der Waals surface area contributed by atoms with E-state index in [1.165, 1.54) is 97.7 Å². The number of hydrogen-bond donors (Lipinski definition) is 0. The van der Waals surface area contributed by atoms with Gasteiger partial charge >= 0.3 is 0 Å². The van der Waals surface area contributed by atoms with Gasteiger partial charge in [0.05, 0.1) is 16.7 Å². The zero-order valence-electron chi connectivity index (χ0n) is 37.7. The molecule has 0 aliphatic carbocycles. The molecule has 69 heavy (non-hydrogen) atoms. The highest BCUT2D eigenvalue weighted by Crippen LogP contribution is 2.44. The van der Waals surface area contributed by atoms with Crippen LogP contribution in [-0.2, 0) is 0 Å². The van der Waals surface area contributed by atoms with Gasteiger partial charge in [-0.05, 0) is 128 Å². The van der Waals surface area contributed by atoms with Crippen molar-refractivity contribution in [1.82, 2.24) is 4.57 Å². The van der Waals surface area contributed by atoms with Gasteiger partial charge in [0, 0.05) is 48.0 Å². The fourth-order valence-electron chi connectivity index (χ4n) is 10.3. The number of aromatic nitrogens is 1. The van der Waals surface area contributed by atoms with Gasteiger partial charge in [-0.1, -0.05) is 194 Å². The van der Waals surface area contributed by atoms with Crippen LogP contribution in [-0.4, -0.2) is 4.57 Å². The van der Waals surface area contributed by atoms with Gasteiger partial charge in [-0.25, -0.2) is 0 Å². The van der Waals surface area contributed by atoms with E-state index < -0.39 is 0 Å². The predicted molar refractivity (Wildman–Crippen MR) is 296 cm³/mol. The van der Waals surface area contributed by atoms with Crippen molar-refractivity contribution in [3.8, 4) is 61.3 Å². The maximum atomic E-state index is 2.48. The van der Waals surface area contributed by atoms with E-state index in [9.17, 15) is 0 Å². The first-order chi connectivity index (χ1) is 34.2. The van der Waals surface area contributed by atoms with Crippen LogP contribution in [0.3, 0.4) is 0 Å². The third kappa shape index (κ3) is 7.28. The molecule has 0 saturated carbocycles. The molecular weight excluding hydrogens is 853 g/mol. The fraction of sp³-hybridized carbons (Fsp3) is 0. The van der Waals surface area contributed by atoms with Gasteiger partial charge in [-0.3, -0.25) is 0 Å². The monoisotopic (exact) mass is 896 g/mol. The molecule has 13 aromatic rings. The van der Waals surface area contributed by atoms with Crippen molar-refractivity contribution in [3.05, 3.63) is 267 Å². The van der Waals surface area contributed by atoms with E-state index in [1.54, 1.807) is 0 Å². The molecule has 2 aromatic heterocycles. The molecule has 324 valence electrons. The summed E-state index contributed by atoms with van der Waals surface area (Å²) in [6.45, 7) is 0. The fourth-order valence-corrected chi connectivity index (χ4v) is 11.4. The Kier molecular flexibility index (Phi) is 10.1. The molecule has 0 radical (unpaired) electrons. The summed E-state index contributed by atoms with van der Waals surface area (Å²) in [7, 11) is 0. The van der Waals surface area contributed by atoms with Crippen LogP contribution >= 0.6 is 11.3 Å². The van der Waals surface area contributed by atoms with E-state index in [2.05, 4.69) is 276 Å². The quantitative estimate of drug-likeness (QED) is 0.140. The first kappa shape index (κ1) is 40.5. The first-order valence-electron chi connectivity index (χ1n) is 23.6. The van der Waals surface area contributed by atoms with Crippen molar-refractivity contribution in [3.63, 3.8) is 0 Å². The van der Waals surface area contributed by atoms with Crippen LogP contribution < -0.4 is 4.90 Å². The van der Waals surface area contributed by atoms with Gasteiger partial charge in [0.25, 0.3) is 0 Å². The molecular formula is C66H44N2S. The summed E-state index contributed by atoms with van der Waals surface area (Å²) in [4.78, 5) is 2.37. The van der Waals surface area contributed by atoms with Crippen LogP contribution in [0.2, 0.25) is 0 Å². The summed E-state index contributed by atoms with van der Waals surface area (Å²) in [5.74, 6) is 0. The molecule has 0 N–H and O–H groups in total. The number of rotatable bonds is 9. The minimum absolute atomic E-state index is 1.09. The molecule has 13 rings (SSSR count). The van der Waals surface area contributed by atoms with Gasteiger partial charge in [0.2, 0.25) is 0 Å². The van der Waals surface area contributed by atoms with Gasteiger partial charge < -0.3 is 9.47 Å². The van der Waals surface area contributed by atoms with Crippen molar-refractivity contribution in [2.45, 2.75) is 0 Å². The molecule has 0 aliphatic rings. The molecule has 0 bridgehead atoms. The SMILES string of the molecule is c1ccc(-c2ccc(-c3ccc(N(c4ccc(-c5ccccc5)cc4)c4cccc(-c5cccc(-c6cccc7c6c6ccccc6n7-c6cccc7sc8ccccc8c67)c5)c4)cc3)cc2)cc1. The summed E-state index contributed by atoms with van der Waals surface area (Å²) in [6, 6.07) is 97.2. The topological polar surface area (TPSA) is 8.17 Å². The van der Waals surface area contributed by atoms with Crippen molar-refractivity contribution >= 4 is 70.4 Å². The third-order valence-corrected chi connectivity index (χ3v) is 14.7. The van der Waals surface area contributed by atoms with Gasteiger partial charge in [-0.2, -0.15) is 0 Å². The lowest BCUT2D eigenvalue weighted by molar-refractivity contribution is 1.20. The second-order valence-electron chi connectivity index (χ2n) is 17.7. The van der Waals surface area contributed by atoms with Crippen LogP contribution in [0.25, 0.3) is 103 Å². The van der Waals surface area contributed by atoms with Crippen molar-refractivity contribution in [2.24, 2.45) is 0 Å². The number of thiophene rings is 1. The van der Waals surface area contributed by atoms with Gasteiger partial charge in [0.15, 0.2) is 0 Å². The molecule has 11 aromatic carbocycles. The summed E-state index contributed by atoms with van der Waals surface area (Å²) in [5.41, 5.74) is 18.8. The van der Waals surface area contributed by atoms with Crippen molar-refractivity contribution in [2.75, 3.05) is 4.90 Å². The van der Waals surface area contributed by atoms with Gasteiger partial charge in [0.1, 0.15) is 0 Å². The lowest BCUT2D eigenvalue weighted by Gasteiger charge is -2.26. The average Bonchev–Trinajstić information content (AvgIpc) is 3.98. The molecule has 0 spiro atoms. The molecule has 0 unspecified atom stereocenters. The van der Waals surface area contributed by atoms with E-state index >= 15 is 0 Å². The Morgan fingerprint density at radius 2 is 0.739 bits per heavy atom. The number of anilines is 3. The normalized spacial score (nSPS) is 11.5. The highest BCUT2D eigenvalue weighted by molar-refractivity contribution is 7.25. The number of fused-ring (bicyclic) bond motifs is 6. The maximum absolute atomic E-state index is 2.48. The Labute approximate surface area is 405 Å². The molecule has 3 heteroatoms. The standard InChI is InChI=1S/C66H44N2S/c1-3-15-45(16-4-1)47-31-33-48(34-32-47)50-37-41-55(42-38-50)67(54-39-35-49(36-40-54)46-17-5-2-6-18-46)56-22-12-20-52(44-56)51-19-11-21-53(43-51)57-25-13-27-61-65(57)58-23-7-9-26-60(58)68(61)62-28-14-30-64-66(62)59-24-8-10-29-63(59)69-64/h1-44H. The highest BCUT2D eigenvalue weighted by atomic mass is 32.1. The van der Waals surface area contributed by atoms with Gasteiger partial charge in [-0.15, -0.1) is 11.3 Å². The second-order valence-corrected chi connectivity index (χ2v) is 18.8. The van der Waals surface area contributed by atoms with E-state index in [1.807, 2.05) is 11.3 Å². The number of para-hydroxylation sites is 1. The van der Waals surface area contributed by atoms with Crippen LogP contribution in [0.15, 0.2) is 267 Å². The molecule has 0 atom stereocenters. The van der Waals surface area contributed by atoms with Crippen molar-refractivity contribution < 1.29 is 0 Å². The Morgan fingerprint density at radius 1 is 0.275 bits per heavy atom. The van der Waals surface area contributed by atoms with Crippen LogP contribution in [0.1, 0.15) is 0 Å². The lowest BCUT2D eigenvalue weighted by Crippen LogP contribution is -2.10. The number of hydrogen-bond acceptors (Lipinski definition) is 2. The lowest BCUT2D eigenvalue weighted by atomic mass is 9.95.